The summed E-state index contributed by atoms with van der Waals surface area (Å²) in [4.78, 5) is 30.3. The molecule has 5 rings (SSSR count). The summed E-state index contributed by atoms with van der Waals surface area (Å²) >= 11 is 6.00. The van der Waals surface area contributed by atoms with Gasteiger partial charge in [-0.15, -0.1) is 12.4 Å². The van der Waals surface area contributed by atoms with E-state index in [0.29, 0.717) is 21.9 Å². The van der Waals surface area contributed by atoms with Gasteiger partial charge in [0.25, 0.3) is 11.7 Å². The predicted octanol–water partition coefficient (Wildman–Crippen LogP) is 2.64. The monoisotopic (exact) mass is 367 g/mol. The number of H-pyrrole nitrogens is 1. The fourth-order valence-corrected chi connectivity index (χ4v) is 3.94. The van der Waals surface area contributed by atoms with Gasteiger partial charge in [-0.2, -0.15) is 0 Å². The first-order valence-corrected chi connectivity index (χ1v) is 8.34. The topological polar surface area (TPSA) is 65.2 Å². The highest BCUT2D eigenvalue weighted by Crippen LogP contribution is 2.28. The Hall–Kier alpha value is -1.56. The molecule has 0 aliphatic carbocycles. The molecule has 1 aromatic heterocycles. The van der Waals surface area contributed by atoms with Crippen molar-refractivity contribution in [1.82, 2.24) is 15.2 Å². The number of Topliss-reactive ketones (excluding diaryl/α,β-unsaturated/α-hetero) is 1. The Morgan fingerprint density at radius 3 is 2.67 bits per heavy atom. The maximum absolute atomic E-state index is 12.5. The van der Waals surface area contributed by atoms with E-state index >= 15 is 0 Å². The van der Waals surface area contributed by atoms with Crippen molar-refractivity contribution in [3.63, 3.8) is 0 Å². The summed E-state index contributed by atoms with van der Waals surface area (Å²) in [5.41, 5.74) is 1.18. The second-order valence-electron chi connectivity index (χ2n) is 6.44. The molecule has 2 bridgehead atoms. The van der Waals surface area contributed by atoms with E-state index in [4.69, 9.17) is 11.6 Å². The number of rotatable bonds is 3. The second-order valence-corrected chi connectivity index (χ2v) is 6.88. The number of ketones is 1. The summed E-state index contributed by atoms with van der Waals surface area (Å²) in [6.45, 7) is 3.06. The zero-order chi connectivity index (χ0) is 16.0. The molecule has 2 N–H and O–H groups in total. The summed E-state index contributed by atoms with van der Waals surface area (Å²) in [5.74, 6) is -0.534. The van der Waals surface area contributed by atoms with Gasteiger partial charge < -0.3 is 15.2 Å². The van der Waals surface area contributed by atoms with Crippen LogP contribution >= 0.6 is 24.0 Å². The van der Waals surface area contributed by atoms with E-state index in [1.54, 1.807) is 24.4 Å². The first-order chi connectivity index (χ1) is 11.1. The van der Waals surface area contributed by atoms with Crippen LogP contribution in [0.3, 0.4) is 0 Å². The maximum atomic E-state index is 12.5. The van der Waals surface area contributed by atoms with Crippen LogP contribution in [0.1, 0.15) is 23.2 Å². The number of nitrogens with one attached hydrogen (secondary N) is 2. The molecular weight excluding hydrogens is 349 g/mol. The van der Waals surface area contributed by atoms with Crippen molar-refractivity contribution >= 4 is 46.6 Å². The van der Waals surface area contributed by atoms with Crippen molar-refractivity contribution in [2.75, 3.05) is 19.6 Å². The molecular formula is C17H19Cl2N3O2. The number of amides is 1. The van der Waals surface area contributed by atoms with E-state index in [-0.39, 0.29) is 18.4 Å². The summed E-state index contributed by atoms with van der Waals surface area (Å²) in [6.07, 6.45) is 3.78. The average molecular weight is 368 g/mol. The van der Waals surface area contributed by atoms with E-state index in [9.17, 15) is 9.59 Å². The van der Waals surface area contributed by atoms with Gasteiger partial charge >= 0.3 is 0 Å². The van der Waals surface area contributed by atoms with Crippen LogP contribution < -0.4 is 5.32 Å². The van der Waals surface area contributed by atoms with E-state index in [2.05, 4.69) is 15.2 Å². The average Bonchev–Trinajstić information content (AvgIpc) is 2.98. The number of benzene rings is 1. The van der Waals surface area contributed by atoms with E-state index in [1.165, 1.54) is 0 Å². The van der Waals surface area contributed by atoms with Gasteiger partial charge in [0.15, 0.2) is 0 Å². The quantitative estimate of drug-likeness (QED) is 0.647. The van der Waals surface area contributed by atoms with E-state index < -0.39 is 11.7 Å². The number of halogens is 2. The first-order valence-electron chi connectivity index (χ1n) is 7.96. The lowest BCUT2D eigenvalue weighted by Gasteiger charge is -2.44. The van der Waals surface area contributed by atoms with Crippen molar-refractivity contribution in [2.45, 2.75) is 18.9 Å². The summed E-state index contributed by atoms with van der Waals surface area (Å²) in [7, 11) is 0. The summed E-state index contributed by atoms with van der Waals surface area (Å²) in [6, 6.07) is 5.35. The number of carbonyl (C=O) groups excluding carboxylic acids is 2. The fraction of sp³-hybridized carbons (Fsp3) is 0.412. The zero-order valence-corrected chi connectivity index (χ0v) is 14.6. The van der Waals surface area contributed by atoms with E-state index in [1.807, 2.05) is 0 Å². The molecule has 0 spiro atoms. The van der Waals surface area contributed by atoms with Gasteiger partial charge in [0, 0.05) is 34.7 Å². The van der Waals surface area contributed by atoms with Crippen molar-refractivity contribution in [3.8, 4) is 0 Å². The number of hydrogen-bond donors (Lipinski definition) is 2. The SMILES string of the molecule is Cl.O=C(N[C@H]1CN2CCC1CC2)C(=O)c1c[nH]c2ccc(Cl)cc12. The third-order valence-corrected chi connectivity index (χ3v) is 5.30. The Morgan fingerprint density at radius 1 is 1.25 bits per heavy atom. The van der Waals surface area contributed by atoms with Crippen LogP contribution in [0, 0.1) is 5.92 Å². The maximum Gasteiger partial charge on any atom is 0.292 e. The molecule has 7 heteroatoms. The molecule has 3 aliphatic heterocycles. The van der Waals surface area contributed by atoms with Gasteiger partial charge in [-0.05, 0) is 50.0 Å². The van der Waals surface area contributed by atoms with Crippen LogP contribution in [0.25, 0.3) is 10.9 Å². The summed E-state index contributed by atoms with van der Waals surface area (Å²) < 4.78 is 0. The molecule has 24 heavy (non-hydrogen) atoms. The molecule has 4 heterocycles. The largest absolute Gasteiger partial charge is 0.360 e. The molecule has 1 aromatic carbocycles. The highest BCUT2D eigenvalue weighted by atomic mass is 35.5. The highest BCUT2D eigenvalue weighted by molar-refractivity contribution is 6.45. The Labute approximate surface area is 151 Å². The van der Waals surface area contributed by atoms with Crippen molar-refractivity contribution in [3.05, 3.63) is 35.0 Å². The van der Waals surface area contributed by atoms with Crippen LogP contribution in [0.2, 0.25) is 5.02 Å². The van der Waals surface area contributed by atoms with Crippen molar-refractivity contribution in [1.29, 1.82) is 0 Å². The molecule has 1 amide bonds. The van der Waals surface area contributed by atoms with E-state index in [0.717, 1.165) is 38.0 Å². The molecule has 1 atom stereocenters. The number of hydrogen-bond acceptors (Lipinski definition) is 3. The molecule has 3 aliphatic rings. The van der Waals surface area contributed by atoms with Gasteiger partial charge in [0.2, 0.25) is 0 Å². The minimum Gasteiger partial charge on any atom is -0.360 e. The number of aromatic nitrogens is 1. The Kier molecular flexibility index (Phi) is 4.85. The molecule has 3 fully saturated rings. The van der Waals surface area contributed by atoms with Crippen molar-refractivity contribution < 1.29 is 9.59 Å². The normalized spacial score (nSPS) is 25.3. The van der Waals surface area contributed by atoms with Crippen LogP contribution in [0.5, 0.6) is 0 Å². The third kappa shape index (κ3) is 3.04. The van der Waals surface area contributed by atoms with Crippen LogP contribution in [0.15, 0.2) is 24.4 Å². The number of aromatic amines is 1. The smallest absolute Gasteiger partial charge is 0.292 e. The zero-order valence-electron chi connectivity index (χ0n) is 13.0. The second kappa shape index (κ2) is 6.75. The van der Waals surface area contributed by atoms with Gasteiger partial charge in [-0.1, -0.05) is 11.6 Å². The molecule has 5 nitrogen and oxygen atoms in total. The lowest BCUT2D eigenvalue weighted by Crippen LogP contribution is -2.58. The fourth-order valence-electron chi connectivity index (χ4n) is 3.77. The number of piperidine rings is 3. The highest BCUT2D eigenvalue weighted by Gasteiger charge is 2.36. The molecule has 2 aromatic rings. The standard InChI is InChI=1S/C17H18ClN3O2.ClH/c18-11-1-2-14-12(7-11)13(8-19-14)16(22)17(23)20-15-9-21-5-3-10(15)4-6-21;/h1-2,7-8,10,15,19H,3-6,9H2,(H,20,23);1H/t15-;/m0./s1. The Balaban J connectivity index is 0.00000169. The summed E-state index contributed by atoms with van der Waals surface area (Å²) in [5, 5.41) is 4.17. The minimum atomic E-state index is -0.523. The van der Waals surface area contributed by atoms with Crippen LogP contribution in [0.4, 0.5) is 0 Å². The number of nitrogens with zero attached hydrogens (tertiary/aromatic N) is 1. The molecule has 3 saturated heterocycles. The first kappa shape index (κ1) is 17.3. The Morgan fingerprint density at radius 2 is 2.00 bits per heavy atom. The van der Waals surface area contributed by atoms with Crippen LogP contribution in [-0.4, -0.2) is 47.3 Å². The molecule has 0 unspecified atom stereocenters. The van der Waals surface area contributed by atoms with Crippen molar-refractivity contribution in [2.24, 2.45) is 5.92 Å². The predicted molar refractivity (Wildman–Crippen MR) is 96.0 cm³/mol. The van der Waals surface area contributed by atoms with Gasteiger partial charge in [0.05, 0.1) is 5.56 Å². The molecule has 0 radical (unpaired) electrons. The number of fused-ring (bicyclic) bond motifs is 4. The Bertz CT molecular complexity index is 781. The van der Waals surface area contributed by atoms with Gasteiger partial charge in [0.1, 0.15) is 0 Å². The molecule has 0 saturated carbocycles. The molecule has 128 valence electrons. The lowest BCUT2D eigenvalue weighted by atomic mass is 9.84. The minimum absolute atomic E-state index is 0. The lowest BCUT2D eigenvalue weighted by molar-refractivity contribution is -0.119. The van der Waals surface area contributed by atoms with Crippen LogP contribution in [-0.2, 0) is 4.79 Å². The third-order valence-electron chi connectivity index (χ3n) is 5.07. The van der Waals surface area contributed by atoms with Gasteiger partial charge in [-0.3, -0.25) is 9.59 Å². The number of carbonyl (C=O) groups is 2. The van der Waals surface area contributed by atoms with Gasteiger partial charge in [-0.25, -0.2) is 0 Å².